The normalized spacial score (nSPS) is 15.2. The van der Waals surface area contributed by atoms with Crippen LogP contribution in [0, 0.1) is 0 Å². The van der Waals surface area contributed by atoms with Crippen LogP contribution in [-0.4, -0.2) is 23.2 Å². The molecule has 2 aliphatic rings. The van der Waals surface area contributed by atoms with Crippen LogP contribution in [0.4, 0.5) is 9.80 Å². The molecule has 0 fully saturated rings. The van der Waals surface area contributed by atoms with Crippen molar-refractivity contribution >= 4 is 39.7 Å². The van der Waals surface area contributed by atoms with Crippen molar-refractivity contribution < 1.29 is 14.3 Å². The predicted octanol–water partition coefficient (Wildman–Crippen LogP) is 6.25. The Kier molecular flexibility index (Phi) is 7.06. The predicted molar refractivity (Wildman–Crippen MR) is 138 cm³/mol. The molecule has 0 aromatic carbocycles. The fourth-order valence-electron chi connectivity index (χ4n) is 5.04. The van der Waals surface area contributed by atoms with Gasteiger partial charge in [-0.15, -0.1) is 22.7 Å². The molecule has 0 atom stereocenters. The van der Waals surface area contributed by atoms with Crippen LogP contribution in [0.5, 0.6) is 0 Å². The number of thiophene rings is 2. The number of nitrogens with one attached hydrogen (secondary N) is 2. The molecule has 34 heavy (non-hydrogen) atoms. The van der Waals surface area contributed by atoms with Gasteiger partial charge in [0.15, 0.2) is 0 Å². The highest BCUT2D eigenvalue weighted by molar-refractivity contribution is 7.17. The first-order valence-corrected chi connectivity index (χ1v) is 13.9. The summed E-state index contributed by atoms with van der Waals surface area (Å²) in [6.45, 7) is 2.59. The first-order chi connectivity index (χ1) is 16.7. The van der Waals surface area contributed by atoms with E-state index in [-0.39, 0.29) is 12.0 Å². The molecule has 0 spiro atoms. The Bertz CT molecular complexity index is 1180. The number of urea groups is 1. The summed E-state index contributed by atoms with van der Waals surface area (Å²) in [5.41, 5.74) is 4.23. The zero-order valence-electron chi connectivity index (χ0n) is 19.6. The van der Waals surface area contributed by atoms with Gasteiger partial charge in [-0.1, -0.05) is 6.42 Å². The Morgan fingerprint density at radius 2 is 1.62 bits per heavy atom. The summed E-state index contributed by atoms with van der Waals surface area (Å²) in [7, 11) is 0. The van der Waals surface area contributed by atoms with E-state index in [2.05, 4.69) is 27.6 Å². The smallest absolute Gasteiger partial charge is 0.341 e. The van der Waals surface area contributed by atoms with Gasteiger partial charge in [0.05, 0.1) is 12.2 Å². The third kappa shape index (κ3) is 4.66. The molecule has 180 valence electrons. The Morgan fingerprint density at radius 3 is 2.41 bits per heavy atom. The van der Waals surface area contributed by atoms with Gasteiger partial charge < -0.3 is 14.6 Å². The number of ether oxygens (including phenoxy) is 1. The number of carbonyl (C=O) groups is 2. The number of rotatable bonds is 6. The van der Waals surface area contributed by atoms with E-state index in [1.54, 1.807) is 0 Å². The second-order valence-corrected chi connectivity index (χ2v) is 11.1. The number of nitrogens with zero attached hydrogens (tertiary/aromatic N) is 1. The molecule has 8 heteroatoms. The highest BCUT2D eigenvalue weighted by Crippen LogP contribution is 2.39. The van der Waals surface area contributed by atoms with Gasteiger partial charge in [-0.25, -0.2) is 9.59 Å². The van der Waals surface area contributed by atoms with Gasteiger partial charge in [0.25, 0.3) is 0 Å². The molecule has 0 aliphatic heterocycles. The summed E-state index contributed by atoms with van der Waals surface area (Å²) < 4.78 is 7.47. The average Bonchev–Trinajstić information content (AvgIpc) is 3.52. The van der Waals surface area contributed by atoms with Gasteiger partial charge in [-0.05, 0) is 81.5 Å². The van der Waals surface area contributed by atoms with E-state index < -0.39 is 0 Å². The lowest BCUT2D eigenvalue weighted by molar-refractivity contribution is 0.0526. The Balaban J connectivity index is 1.36. The summed E-state index contributed by atoms with van der Waals surface area (Å²) in [5.74, 6) is -0.338. The fourth-order valence-corrected chi connectivity index (χ4v) is 7.69. The van der Waals surface area contributed by atoms with Crippen molar-refractivity contribution in [2.24, 2.45) is 0 Å². The van der Waals surface area contributed by atoms with Crippen molar-refractivity contribution in [2.75, 3.05) is 11.9 Å². The van der Waals surface area contributed by atoms with Crippen molar-refractivity contribution in [2.45, 2.75) is 71.3 Å². The van der Waals surface area contributed by atoms with Crippen LogP contribution < -0.4 is 10.6 Å². The van der Waals surface area contributed by atoms with Crippen LogP contribution in [0.1, 0.15) is 75.8 Å². The van der Waals surface area contributed by atoms with Crippen LogP contribution in [0.15, 0.2) is 24.5 Å². The molecule has 0 saturated carbocycles. The summed E-state index contributed by atoms with van der Waals surface area (Å²) in [5, 5.41) is 7.86. The highest BCUT2D eigenvalue weighted by Gasteiger charge is 2.27. The maximum atomic E-state index is 13.0. The molecule has 3 heterocycles. The molecular weight excluding hydrogens is 466 g/mol. The Morgan fingerprint density at radius 1 is 0.941 bits per heavy atom. The van der Waals surface area contributed by atoms with Gasteiger partial charge in [-0.3, -0.25) is 5.32 Å². The number of esters is 1. The Hall–Kier alpha value is -2.58. The minimum absolute atomic E-state index is 0.281. The lowest BCUT2D eigenvalue weighted by atomic mass is 9.95. The van der Waals surface area contributed by atoms with E-state index in [0.29, 0.717) is 23.7 Å². The van der Waals surface area contributed by atoms with Gasteiger partial charge in [-0.2, -0.15) is 0 Å². The largest absolute Gasteiger partial charge is 0.462 e. The maximum absolute atomic E-state index is 13.0. The molecule has 5 rings (SSSR count). The molecule has 0 bridgehead atoms. The lowest BCUT2D eigenvalue weighted by Crippen LogP contribution is -2.29. The number of aryl methyl sites for hydroxylation is 2. The van der Waals surface area contributed by atoms with Crippen molar-refractivity contribution in [3.8, 4) is 5.00 Å². The van der Waals surface area contributed by atoms with Crippen LogP contribution in [-0.2, 0) is 37.0 Å². The molecule has 3 aromatic rings. The maximum Gasteiger partial charge on any atom is 0.341 e. The van der Waals surface area contributed by atoms with Crippen LogP contribution >= 0.6 is 22.7 Å². The fraction of sp³-hybridized carbons (Fsp3) is 0.462. The zero-order chi connectivity index (χ0) is 23.5. The molecule has 2 aliphatic carbocycles. The second kappa shape index (κ2) is 10.4. The molecule has 2 N–H and O–H groups in total. The lowest BCUT2D eigenvalue weighted by Gasteiger charge is -2.13. The number of carbonyl (C=O) groups excluding carboxylic acids is 2. The minimum Gasteiger partial charge on any atom is -0.462 e. The molecular formula is C26H31N3O3S2. The molecule has 3 aromatic heterocycles. The third-order valence-corrected chi connectivity index (χ3v) is 9.21. The molecule has 0 unspecified atom stereocenters. The minimum atomic E-state index is -0.338. The average molecular weight is 498 g/mol. The molecule has 0 radical (unpaired) electrons. The highest BCUT2D eigenvalue weighted by atomic mass is 32.1. The van der Waals surface area contributed by atoms with E-state index in [4.69, 9.17) is 4.74 Å². The van der Waals surface area contributed by atoms with Gasteiger partial charge in [0.2, 0.25) is 0 Å². The van der Waals surface area contributed by atoms with Gasteiger partial charge in [0.1, 0.15) is 10.0 Å². The van der Waals surface area contributed by atoms with E-state index in [1.165, 1.54) is 56.5 Å². The van der Waals surface area contributed by atoms with Crippen molar-refractivity contribution in [3.05, 3.63) is 56.5 Å². The quantitative estimate of drug-likeness (QED) is 0.312. The van der Waals surface area contributed by atoms with E-state index >= 15 is 0 Å². The summed E-state index contributed by atoms with van der Waals surface area (Å²) >= 11 is 3.37. The number of amides is 2. The van der Waals surface area contributed by atoms with E-state index in [1.807, 2.05) is 30.4 Å². The topological polar surface area (TPSA) is 72.4 Å². The van der Waals surface area contributed by atoms with E-state index in [9.17, 15) is 9.59 Å². The van der Waals surface area contributed by atoms with Gasteiger partial charge >= 0.3 is 12.0 Å². The molecule has 0 saturated heterocycles. The van der Waals surface area contributed by atoms with Crippen molar-refractivity contribution in [3.63, 3.8) is 0 Å². The Labute approximate surface area is 208 Å². The number of hydrogen-bond donors (Lipinski definition) is 2. The monoisotopic (exact) mass is 497 g/mol. The van der Waals surface area contributed by atoms with Crippen LogP contribution in [0.2, 0.25) is 0 Å². The van der Waals surface area contributed by atoms with Crippen LogP contribution in [0.25, 0.3) is 5.00 Å². The standard InChI is InChI=1S/C26H31N3O3S2/c1-2-32-25(30)22-18-11-6-7-13-21(18)33-23(22)28-26(31)27-16-19-17-10-4-3-5-12-20(17)34-24(19)29-14-8-9-15-29/h8-9,14-15H,2-7,10-13,16H2,1H3,(H2,27,28,31). The van der Waals surface area contributed by atoms with Crippen LogP contribution in [0.3, 0.4) is 0 Å². The first-order valence-electron chi connectivity index (χ1n) is 12.3. The van der Waals surface area contributed by atoms with Crippen molar-refractivity contribution in [1.29, 1.82) is 0 Å². The second-order valence-electron chi connectivity index (χ2n) is 8.88. The first kappa shape index (κ1) is 23.2. The van der Waals surface area contributed by atoms with Gasteiger partial charge in [0, 0.05) is 34.3 Å². The summed E-state index contributed by atoms with van der Waals surface area (Å²) in [6.07, 6.45) is 14.0. The molecule has 2 amide bonds. The number of fused-ring (bicyclic) bond motifs is 2. The zero-order valence-corrected chi connectivity index (χ0v) is 21.2. The third-order valence-electron chi connectivity index (χ3n) is 6.65. The summed E-state index contributed by atoms with van der Waals surface area (Å²) in [4.78, 5) is 28.4. The SMILES string of the molecule is CCOC(=O)c1c(NC(=O)NCc2c(-n3cccc3)sc3c2CCCCC3)sc2c1CCCC2. The van der Waals surface area contributed by atoms with Crippen molar-refractivity contribution in [1.82, 2.24) is 9.88 Å². The van der Waals surface area contributed by atoms with E-state index in [0.717, 1.165) is 44.1 Å². The summed E-state index contributed by atoms with van der Waals surface area (Å²) in [6, 6.07) is 3.78. The number of aromatic nitrogens is 1. The number of hydrogen-bond acceptors (Lipinski definition) is 5. The number of anilines is 1. The molecule has 6 nitrogen and oxygen atoms in total.